The van der Waals surface area contributed by atoms with Gasteiger partial charge in [-0.05, 0) is 128 Å². The van der Waals surface area contributed by atoms with Gasteiger partial charge in [0.25, 0.3) is 0 Å². The van der Waals surface area contributed by atoms with Crippen LogP contribution in [0.2, 0.25) is 0 Å². The summed E-state index contributed by atoms with van der Waals surface area (Å²) in [6, 6.07) is 13.8. The fourth-order valence-corrected chi connectivity index (χ4v) is 11.8. The summed E-state index contributed by atoms with van der Waals surface area (Å²) >= 11 is 0. The summed E-state index contributed by atoms with van der Waals surface area (Å²) in [4.78, 5) is 26.2. The predicted octanol–water partition coefficient (Wildman–Crippen LogP) is 11.3. The first-order chi connectivity index (χ1) is 24.9. The largest absolute Gasteiger partial charge is 0.481 e. The van der Waals surface area contributed by atoms with Crippen LogP contribution in [0.5, 0.6) is 5.75 Å². The first-order valence-corrected chi connectivity index (χ1v) is 20.5. The highest BCUT2D eigenvalue weighted by Gasteiger charge is 2.59. The Morgan fingerprint density at radius 2 is 1.71 bits per heavy atom. The fraction of sp³-hybridized carbons (Fsp3) is 0.617. The molecule has 5 heteroatoms. The molecule has 3 aromatic rings. The van der Waals surface area contributed by atoms with Gasteiger partial charge < -0.3 is 13.9 Å². The molecular formula is C47H62O5. The van der Waals surface area contributed by atoms with Crippen LogP contribution < -0.4 is 10.4 Å². The number of hydrogen-bond donors (Lipinski definition) is 0. The highest BCUT2D eigenvalue weighted by molar-refractivity contribution is 5.86. The van der Waals surface area contributed by atoms with Crippen molar-refractivity contribution in [2.45, 2.75) is 132 Å². The Morgan fingerprint density at radius 3 is 2.48 bits per heavy atom. The van der Waals surface area contributed by atoms with Gasteiger partial charge in [-0.1, -0.05) is 95.9 Å². The van der Waals surface area contributed by atoms with Gasteiger partial charge in [-0.25, -0.2) is 9.59 Å². The van der Waals surface area contributed by atoms with Gasteiger partial charge in [0.15, 0.2) is 6.61 Å². The van der Waals surface area contributed by atoms with Crippen LogP contribution in [0, 0.1) is 60.2 Å². The van der Waals surface area contributed by atoms with Crippen molar-refractivity contribution in [3.63, 3.8) is 0 Å². The molecule has 3 saturated carbocycles. The SMILES string of the molecule is Cc1c(Cc2ccccc2)c(=O)oc2c(C)c(OCC(=O)O[C@H]3CC[C@@]4(C)C(=CC[C@H]5[C@@H]6CC[C@H]([C@H](C)CCCC(C)C)[C@@]6(C)CC[C@@H]54)C3)ccc12. The van der Waals surface area contributed by atoms with Gasteiger partial charge in [0.05, 0.1) is 0 Å². The van der Waals surface area contributed by atoms with Gasteiger partial charge in [-0.15, -0.1) is 0 Å². The van der Waals surface area contributed by atoms with E-state index in [1.807, 2.05) is 56.3 Å². The van der Waals surface area contributed by atoms with Crippen molar-refractivity contribution < 1.29 is 18.7 Å². The molecule has 2 aromatic carbocycles. The van der Waals surface area contributed by atoms with Crippen molar-refractivity contribution in [3.05, 3.63) is 86.8 Å². The number of aryl methyl sites for hydroxylation is 2. The van der Waals surface area contributed by atoms with E-state index in [1.165, 1.54) is 56.9 Å². The second kappa shape index (κ2) is 14.8. The molecule has 0 bridgehead atoms. The maximum absolute atomic E-state index is 13.2. The fourth-order valence-electron chi connectivity index (χ4n) is 11.8. The smallest absolute Gasteiger partial charge is 0.344 e. The number of hydrogen-bond acceptors (Lipinski definition) is 5. The molecule has 0 spiro atoms. The monoisotopic (exact) mass is 706 g/mol. The number of fused-ring (bicyclic) bond motifs is 6. The minimum Gasteiger partial charge on any atom is -0.481 e. The maximum atomic E-state index is 13.2. The molecule has 7 rings (SSSR count). The van der Waals surface area contributed by atoms with Crippen molar-refractivity contribution in [1.82, 2.24) is 0 Å². The van der Waals surface area contributed by atoms with Crippen LogP contribution in [0.3, 0.4) is 0 Å². The van der Waals surface area contributed by atoms with Gasteiger partial charge in [-0.2, -0.15) is 0 Å². The van der Waals surface area contributed by atoms with Gasteiger partial charge in [0.2, 0.25) is 0 Å². The highest BCUT2D eigenvalue weighted by atomic mass is 16.6. The number of allylic oxidation sites excluding steroid dienone is 1. The zero-order valence-corrected chi connectivity index (χ0v) is 32.9. The molecule has 1 aromatic heterocycles. The first kappa shape index (κ1) is 37.0. The van der Waals surface area contributed by atoms with Crippen LogP contribution in [-0.4, -0.2) is 18.7 Å². The molecule has 0 aliphatic heterocycles. The lowest BCUT2D eigenvalue weighted by atomic mass is 9.47. The number of ether oxygens (including phenoxy) is 2. The topological polar surface area (TPSA) is 65.7 Å². The minimum absolute atomic E-state index is 0.107. The van der Waals surface area contributed by atoms with Crippen LogP contribution in [0.15, 0.2) is 63.3 Å². The Hall–Kier alpha value is -3.34. The molecule has 0 radical (unpaired) electrons. The summed E-state index contributed by atoms with van der Waals surface area (Å²) in [7, 11) is 0. The van der Waals surface area contributed by atoms with E-state index >= 15 is 0 Å². The number of carbonyl (C=O) groups is 1. The third-order valence-electron chi connectivity index (χ3n) is 14.8. The normalized spacial score (nSPS) is 30.3. The maximum Gasteiger partial charge on any atom is 0.344 e. The van der Waals surface area contributed by atoms with Crippen LogP contribution in [0.4, 0.5) is 0 Å². The van der Waals surface area contributed by atoms with Crippen molar-refractivity contribution in [3.8, 4) is 5.75 Å². The minimum atomic E-state index is -0.342. The molecule has 0 amide bonds. The average molecular weight is 707 g/mol. The lowest BCUT2D eigenvalue weighted by Crippen LogP contribution is -2.51. The van der Waals surface area contributed by atoms with E-state index in [0.29, 0.717) is 34.3 Å². The second-order valence-electron chi connectivity index (χ2n) is 18.2. The zero-order chi connectivity index (χ0) is 36.8. The summed E-state index contributed by atoms with van der Waals surface area (Å²) in [6.07, 6.45) is 16.7. The summed E-state index contributed by atoms with van der Waals surface area (Å²) < 4.78 is 17.9. The molecule has 4 aliphatic carbocycles. The van der Waals surface area contributed by atoms with Crippen LogP contribution in [-0.2, 0) is 16.0 Å². The summed E-state index contributed by atoms with van der Waals surface area (Å²) in [5.74, 6) is 5.09. The molecule has 3 fully saturated rings. The number of carbonyl (C=O) groups excluding carboxylic acids is 1. The van der Waals surface area contributed by atoms with E-state index in [1.54, 1.807) is 0 Å². The highest BCUT2D eigenvalue weighted by Crippen LogP contribution is 2.67. The second-order valence-corrected chi connectivity index (χ2v) is 18.2. The molecule has 5 nitrogen and oxygen atoms in total. The molecule has 4 aliphatic rings. The molecule has 0 unspecified atom stereocenters. The molecule has 280 valence electrons. The van der Waals surface area contributed by atoms with Crippen LogP contribution >= 0.6 is 0 Å². The molecule has 0 saturated heterocycles. The zero-order valence-electron chi connectivity index (χ0n) is 32.9. The lowest BCUT2D eigenvalue weighted by molar-refractivity contribution is -0.153. The van der Waals surface area contributed by atoms with Crippen LogP contribution in [0.1, 0.15) is 128 Å². The Kier molecular flexibility index (Phi) is 10.5. The van der Waals surface area contributed by atoms with Crippen molar-refractivity contribution in [2.75, 3.05) is 6.61 Å². The average Bonchev–Trinajstić information content (AvgIpc) is 3.48. The van der Waals surface area contributed by atoms with E-state index in [9.17, 15) is 9.59 Å². The summed E-state index contributed by atoms with van der Waals surface area (Å²) in [6.45, 7) is 16.2. The van der Waals surface area contributed by atoms with E-state index in [4.69, 9.17) is 13.9 Å². The first-order valence-electron chi connectivity index (χ1n) is 20.5. The molecule has 1 heterocycles. The lowest BCUT2D eigenvalue weighted by Gasteiger charge is -2.58. The third-order valence-corrected chi connectivity index (χ3v) is 14.8. The molecular weight excluding hydrogens is 645 g/mol. The summed E-state index contributed by atoms with van der Waals surface area (Å²) in [5.41, 5.74) is 5.76. The van der Waals surface area contributed by atoms with E-state index < -0.39 is 0 Å². The molecule has 8 atom stereocenters. The Balaban J connectivity index is 0.961. The van der Waals surface area contributed by atoms with Crippen LogP contribution in [0.25, 0.3) is 11.0 Å². The Bertz CT molecular complexity index is 1850. The van der Waals surface area contributed by atoms with Crippen molar-refractivity contribution >= 4 is 16.9 Å². The van der Waals surface area contributed by atoms with Crippen molar-refractivity contribution in [1.29, 1.82) is 0 Å². The van der Waals surface area contributed by atoms with E-state index in [2.05, 4.69) is 40.7 Å². The Morgan fingerprint density at radius 1 is 0.923 bits per heavy atom. The predicted molar refractivity (Wildman–Crippen MR) is 210 cm³/mol. The van der Waals surface area contributed by atoms with Gasteiger partial charge in [0, 0.05) is 29.4 Å². The van der Waals surface area contributed by atoms with Crippen molar-refractivity contribution in [2.24, 2.45) is 46.3 Å². The summed E-state index contributed by atoms with van der Waals surface area (Å²) in [5, 5.41) is 0.883. The number of rotatable bonds is 11. The quantitative estimate of drug-likeness (QED) is 0.113. The molecule has 0 N–H and O–H groups in total. The third kappa shape index (κ3) is 6.91. The number of esters is 1. The van der Waals surface area contributed by atoms with E-state index in [-0.39, 0.29) is 29.7 Å². The van der Waals surface area contributed by atoms with Gasteiger partial charge in [-0.3, -0.25) is 0 Å². The Labute approximate surface area is 311 Å². The van der Waals surface area contributed by atoms with Gasteiger partial charge in [0.1, 0.15) is 17.4 Å². The molecule has 52 heavy (non-hydrogen) atoms. The standard InChI is InChI=1S/C47H62O5/c1-29(2)12-11-13-30(3)39-19-20-40-37-17-16-34-27-35(22-24-46(34,6)41(37)23-25-47(39,40)7)51-43(48)28-50-42-21-18-36-31(4)38(26-33-14-9-8-10-15-33)45(49)52-44(36)32(42)5/h8-10,14-16,18,21,29-30,35,37,39-41H,11-13,17,19-20,22-28H2,1-7H3/t30-,35+,37+,39-,40+,41+,46+,47-/m1/s1. The van der Waals surface area contributed by atoms with Gasteiger partial charge >= 0.3 is 11.6 Å². The van der Waals surface area contributed by atoms with E-state index in [0.717, 1.165) is 71.3 Å². The number of benzene rings is 2.